The summed E-state index contributed by atoms with van der Waals surface area (Å²) in [5.41, 5.74) is 0.128. The summed E-state index contributed by atoms with van der Waals surface area (Å²) in [6.45, 7) is 1.69. The normalized spacial score (nSPS) is 10.5. The highest BCUT2D eigenvalue weighted by Gasteiger charge is 2.14. The smallest absolute Gasteiger partial charge is 0.339 e. The Balaban J connectivity index is 2.10. The van der Waals surface area contributed by atoms with E-state index >= 15 is 0 Å². The summed E-state index contributed by atoms with van der Waals surface area (Å²) in [5.74, 6) is 0.225. The maximum Gasteiger partial charge on any atom is 0.339 e. The zero-order valence-corrected chi connectivity index (χ0v) is 11.5. The molecule has 0 aliphatic heterocycles. The molecule has 0 bridgehead atoms. The summed E-state index contributed by atoms with van der Waals surface area (Å²) in [5, 5.41) is 9.83. The first kappa shape index (κ1) is 13.8. The number of aromatic carboxylic acids is 1. The van der Waals surface area contributed by atoms with E-state index in [4.69, 9.17) is 37.5 Å². The largest absolute Gasteiger partial charge is 0.486 e. The number of carbonyl (C=O) groups is 1. The summed E-state index contributed by atoms with van der Waals surface area (Å²) in [7, 11) is 0. The van der Waals surface area contributed by atoms with Gasteiger partial charge >= 0.3 is 5.97 Å². The molecule has 0 aliphatic rings. The third kappa shape index (κ3) is 3.43. The molecule has 0 aliphatic carbocycles. The molecule has 0 saturated heterocycles. The quantitative estimate of drug-likeness (QED) is 0.920. The third-order valence-corrected chi connectivity index (χ3v) is 2.85. The van der Waals surface area contributed by atoms with Gasteiger partial charge in [0.25, 0.3) is 0 Å². The van der Waals surface area contributed by atoms with Crippen molar-refractivity contribution in [2.45, 2.75) is 13.5 Å². The Kier molecular flexibility index (Phi) is 4.02. The molecule has 0 radical (unpaired) electrons. The Bertz CT molecular complexity index is 599. The van der Waals surface area contributed by atoms with Crippen molar-refractivity contribution in [1.82, 2.24) is 0 Å². The maximum atomic E-state index is 10.9. The van der Waals surface area contributed by atoms with Crippen LogP contribution < -0.4 is 4.74 Å². The van der Waals surface area contributed by atoms with Crippen LogP contribution in [0.25, 0.3) is 0 Å². The molecule has 2 aromatic rings. The van der Waals surface area contributed by atoms with Crippen LogP contribution in [-0.2, 0) is 6.61 Å². The minimum Gasteiger partial charge on any atom is -0.486 e. The van der Waals surface area contributed by atoms with E-state index in [1.165, 1.54) is 6.07 Å². The number of hydrogen-bond donors (Lipinski definition) is 1. The van der Waals surface area contributed by atoms with E-state index in [0.29, 0.717) is 27.3 Å². The van der Waals surface area contributed by atoms with E-state index in [1.807, 2.05) is 0 Å². The lowest BCUT2D eigenvalue weighted by Gasteiger charge is -2.05. The minimum atomic E-state index is -1.03. The van der Waals surface area contributed by atoms with E-state index in [1.54, 1.807) is 25.1 Å². The molecule has 0 spiro atoms. The molecule has 1 N–H and O–H groups in total. The maximum absolute atomic E-state index is 10.9. The van der Waals surface area contributed by atoms with Crippen molar-refractivity contribution in [2.24, 2.45) is 0 Å². The second-order valence-corrected chi connectivity index (χ2v) is 4.75. The Morgan fingerprint density at radius 1 is 1.26 bits per heavy atom. The first-order chi connectivity index (χ1) is 8.95. The van der Waals surface area contributed by atoms with Crippen LogP contribution in [-0.4, -0.2) is 11.1 Å². The Labute approximate surface area is 119 Å². The van der Waals surface area contributed by atoms with Gasteiger partial charge in [-0.25, -0.2) is 4.79 Å². The monoisotopic (exact) mass is 300 g/mol. The zero-order valence-electron chi connectivity index (χ0n) is 9.94. The van der Waals surface area contributed by atoms with Crippen LogP contribution in [0.1, 0.15) is 21.9 Å². The van der Waals surface area contributed by atoms with Gasteiger partial charge in [-0.05, 0) is 31.2 Å². The van der Waals surface area contributed by atoms with E-state index in [9.17, 15) is 4.79 Å². The molecule has 100 valence electrons. The second kappa shape index (κ2) is 5.55. The van der Waals surface area contributed by atoms with Crippen LogP contribution in [0.2, 0.25) is 10.0 Å². The zero-order chi connectivity index (χ0) is 14.0. The molecule has 1 aromatic heterocycles. The van der Waals surface area contributed by atoms with E-state index in [-0.39, 0.29) is 12.2 Å². The average Bonchev–Trinajstić information content (AvgIpc) is 2.67. The fraction of sp³-hybridized carbons (Fsp3) is 0.154. The molecular formula is C13H10Cl2O4. The summed E-state index contributed by atoms with van der Waals surface area (Å²) in [4.78, 5) is 10.9. The lowest BCUT2D eigenvalue weighted by Crippen LogP contribution is -1.96. The molecule has 0 saturated carbocycles. The summed E-state index contributed by atoms with van der Waals surface area (Å²) < 4.78 is 10.7. The van der Waals surface area contributed by atoms with E-state index in [2.05, 4.69) is 0 Å². The van der Waals surface area contributed by atoms with Crippen molar-refractivity contribution in [1.29, 1.82) is 0 Å². The average molecular weight is 301 g/mol. The SMILES string of the molecule is Cc1oc(COc2cc(Cl)cc(Cl)c2)cc1C(=O)O. The van der Waals surface area contributed by atoms with Crippen molar-refractivity contribution >= 4 is 29.2 Å². The van der Waals surface area contributed by atoms with Crippen molar-refractivity contribution in [3.05, 3.63) is 51.4 Å². The number of carboxylic acid groups (broad SMARTS) is 1. The van der Waals surface area contributed by atoms with Crippen molar-refractivity contribution in [3.8, 4) is 5.75 Å². The third-order valence-electron chi connectivity index (χ3n) is 2.42. The number of benzene rings is 1. The lowest BCUT2D eigenvalue weighted by molar-refractivity contribution is 0.0695. The van der Waals surface area contributed by atoms with Gasteiger partial charge in [-0.15, -0.1) is 0 Å². The van der Waals surface area contributed by atoms with Crippen molar-refractivity contribution < 1.29 is 19.1 Å². The van der Waals surface area contributed by atoms with Crippen LogP contribution in [0.3, 0.4) is 0 Å². The summed E-state index contributed by atoms with van der Waals surface area (Å²) >= 11 is 11.7. The van der Waals surface area contributed by atoms with Gasteiger partial charge in [0.15, 0.2) is 0 Å². The molecule has 4 nitrogen and oxygen atoms in total. The minimum absolute atomic E-state index is 0.102. The number of aryl methyl sites for hydroxylation is 1. The Morgan fingerprint density at radius 3 is 2.42 bits per heavy atom. The lowest BCUT2D eigenvalue weighted by atomic mass is 10.2. The van der Waals surface area contributed by atoms with Crippen LogP contribution in [0.4, 0.5) is 0 Å². The van der Waals surface area contributed by atoms with Crippen LogP contribution >= 0.6 is 23.2 Å². The van der Waals surface area contributed by atoms with Crippen molar-refractivity contribution in [2.75, 3.05) is 0 Å². The molecule has 0 atom stereocenters. The van der Waals surface area contributed by atoms with Gasteiger partial charge in [0.1, 0.15) is 29.4 Å². The summed E-state index contributed by atoms with van der Waals surface area (Å²) in [6.07, 6.45) is 0. The van der Waals surface area contributed by atoms with Crippen LogP contribution in [0.5, 0.6) is 5.75 Å². The first-order valence-electron chi connectivity index (χ1n) is 5.37. The first-order valence-corrected chi connectivity index (χ1v) is 6.13. The molecule has 0 unspecified atom stereocenters. The number of rotatable bonds is 4. The van der Waals surface area contributed by atoms with Gasteiger partial charge in [-0.1, -0.05) is 23.2 Å². The molecule has 19 heavy (non-hydrogen) atoms. The fourth-order valence-electron chi connectivity index (χ4n) is 1.59. The molecule has 1 aromatic carbocycles. The molecule has 6 heteroatoms. The number of halogens is 2. The standard InChI is InChI=1S/C13H10Cl2O4/c1-7-12(13(16)17)5-11(19-7)6-18-10-3-8(14)2-9(15)4-10/h2-5H,6H2,1H3,(H,16,17). The Hall–Kier alpha value is -1.65. The van der Waals surface area contributed by atoms with Crippen LogP contribution in [0.15, 0.2) is 28.7 Å². The molecule has 0 amide bonds. The fourth-order valence-corrected chi connectivity index (χ4v) is 2.10. The van der Waals surface area contributed by atoms with Gasteiger partial charge in [-0.3, -0.25) is 0 Å². The van der Waals surface area contributed by atoms with Gasteiger partial charge in [-0.2, -0.15) is 0 Å². The van der Waals surface area contributed by atoms with Crippen LogP contribution in [0, 0.1) is 6.92 Å². The van der Waals surface area contributed by atoms with Gasteiger partial charge in [0.05, 0.1) is 0 Å². The highest BCUT2D eigenvalue weighted by atomic mass is 35.5. The number of carboxylic acids is 1. The molecule has 1 heterocycles. The summed E-state index contributed by atoms with van der Waals surface area (Å²) in [6, 6.07) is 6.25. The molecule has 2 rings (SSSR count). The van der Waals surface area contributed by atoms with Crippen molar-refractivity contribution in [3.63, 3.8) is 0 Å². The highest BCUT2D eigenvalue weighted by Crippen LogP contribution is 2.25. The number of furan rings is 1. The second-order valence-electron chi connectivity index (χ2n) is 3.88. The number of hydrogen-bond acceptors (Lipinski definition) is 3. The van der Waals surface area contributed by atoms with E-state index in [0.717, 1.165) is 0 Å². The topological polar surface area (TPSA) is 59.7 Å². The molecular weight excluding hydrogens is 291 g/mol. The highest BCUT2D eigenvalue weighted by molar-refractivity contribution is 6.34. The van der Waals surface area contributed by atoms with E-state index < -0.39 is 5.97 Å². The predicted octanol–water partition coefficient (Wildman–Crippen LogP) is 4.17. The van der Waals surface area contributed by atoms with Gasteiger partial charge in [0, 0.05) is 10.0 Å². The molecule has 0 fully saturated rings. The predicted molar refractivity (Wildman–Crippen MR) is 71.2 cm³/mol. The Morgan fingerprint density at radius 2 is 1.89 bits per heavy atom. The number of ether oxygens (including phenoxy) is 1. The van der Waals surface area contributed by atoms with Gasteiger partial charge < -0.3 is 14.3 Å². The van der Waals surface area contributed by atoms with Gasteiger partial charge in [0.2, 0.25) is 0 Å².